The van der Waals surface area contributed by atoms with E-state index >= 15 is 0 Å². The van der Waals surface area contributed by atoms with Gasteiger partial charge in [0, 0.05) is 17.2 Å². The molecule has 1 aromatic heterocycles. The van der Waals surface area contributed by atoms with Crippen LogP contribution < -0.4 is 10.6 Å². The third-order valence-corrected chi connectivity index (χ3v) is 4.58. The number of carboxylic acids is 1. The first-order valence-electron chi connectivity index (χ1n) is 6.27. The SMILES string of the molecule is CCSCC(C)NC(=O)NC(C)c1nc(C(=O)O)cs1. The summed E-state index contributed by atoms with van der Waals surface area (Å²) >= 11 is 2.98. The van der Waals surface area contributed by atoms with E-state index < -0.39 is 5.97 Å². The van der Waals surface area contributed by atoms with Crippen LogP contribution in [-0.4, -0.2) is 39.6 Å². The lowest BCUT2D eigenvalue weighted by molar-refractivity contribution is 0.0691. The number of thiazole rings is 1. The van der Waals surface area contributed by atoms with Crippen molar-refractivity contribution in [3.63, 3.8) is 0 Å². The van der Waals surface area contributed by atoms with Crippen LogP contribution in [0.2, 0.25) is 0 Å². The number of urea groups is 1. The number of hydrogen-bond acceptors (Lipinski definition) is 5. The average Bonchev–Trinajstić information content (AvgIpc) is 2.85. The minimum absolute atomic E-state index is 0.00627. The van der Waals surface area contributed by atoms with Crippen LogP contribution in [0, 0.1) is 0 Å². The van der Waals surface area contributed by atoms with Crippen LogP contribution in [0.5, 0.6) is 0 Å². The van der Waals surface area contributed by atoms with Gasteiger partial charge in [-0.1, -0.05) is 6.92 Å². The highest BCUT2D eigenvalue weighted by atomic mass is 32.2. The molecule has 1 heterocycles. The molecule has 0 spiro atoms. The van der Waals surface area contributed by atoms with Crippen molar-refractivity contribution in [3.8, 4) is 0 Å². The van der Waals surface area contributed by atoms with Gasteiger partial charge in [0.1, 0.15) is 5.01 Å². The van der Waals surface area contributed by atoms with Gasteiger partial charge in [0.05, 0.1) is 6.04 Å². The van der Waals surface area contributed by atoms with Crippen LogP contribution in [0.3, 0.4) is 0 Å². The molecule has 20 heavy (non-hydrogen) atoms. The predicted octanol–water partition coefficient (Wildman–Crippen LogP) is 2.34. The standard InChI is InChI=1S/C12H19N3O3S2/c1-4-19-5-7(2)13-12(18)14-8(3)10-15-9(6-20-10)11(16)17/h6-8H,4-5H2,1-3H3,(H,16,17)(H2,13,14,18). The van der Waals surface area contributed by atoms with E-state index in [0.717, 1.165) is 11.5 Å². The second-order valence-corrected chi connectivity index (χ2v) is 6.48. The number of thioether (sulfide) groups is 1. The van der Waals surface area contributed by atoms with Gasteiger partial charge in [0.25, 0.3) is 0 Å². The van der Waals surface area contributed by atoms with E-state index in [2.05, 4.69) is 22.5 Å². The lowest BCUT2D eigenvalue weighted by Gasteiger charge is -2.16. The number of amides is 2. The smallest absolute Gasteiger partial charge is 0.355 e. The van der Waals surface area contributed by atoms with Crippen LogP contribution in [0.15, 0.2) is 5.38 Å². The van der Waals surface area contributed by atoms with E-state index in [1.165, 1.54) is 16.7 Å². The van der Waals surface area contributed by atoms with Crippen molar-refractivity contribution in [1.82, 2.24) is 15.6 Å². The summed E-state index contributed by atoms with van der Waals surface area (Å²) in [6, 6.07) is -0.508. The average molecular weight is 317 g/mol. The number of rotatable bonds is 7. The third-order valence-electron chi connectivity index (χ3n) is 2.41. The van der Waals surface area contributed by atoms with Gasteiger partial charge in [-0.15, -0.1) is 11.3 Å². The molecule has 0 radical (unpaired) electrons. The fraction of sp³-hybridized carbons (Fsp3) is 0.583. The Balaban J connectivity index is 2.46. The van der Waals surface area contributed by atoms with E-state index in [-0.39, 0.29) is 23.8 Å². The van der Waals surface area contributed by atoms with Gasteiger partial charge < -0.3 is 15.7 Å². The molecule has 3 N–H and O–H groups in total. The van der Waals surface area contributed by atoms with Crippen molar-refractivity contribution in [1.29, 1.82) is 0 Å². The fourth-order valence-electron chi connectivity index (χ4n) is 1.44. The first kappa shape index (κ1) is 16.8. The summed E-state index contributed by atoms with van der Waals surface area (Å²) in [6.45, 7) is 5.79. The summed E-state index contributed by atoms with van der Waals surface area (Å²) in [5, 5.41) is 16.4. The highest BCUT2D eigenvalue weighted by molar-refractivity contribution is 7.99. The summed E-state index contributed by atoms with van der Waals surface area (Å²) in [6.07, 6.45) is 0. The van der Waals surface area contributed by atoms with Crippen molar-refractivity contribution < 1.29 is 14.7 Å². The maximum atomic E-state index is 11.8. The summed E-state index contributed by atoms with van der Waals surface area (Å²) in [7, 11) is 0. The van der Waals surface area contributed by atoms with Crippen molar-refractivity contribution in [2.75, 3.05) is 11.5 Å². The summed E-state index contributed by atoms with van der Waals surface area (Å²) in [5.74, 6) is 0.814. The molecule has 0 fully saturated rings. The Hall–Kier alpha value is -1.28. The molecule has 2 amide bonds. The number of carboxylic acid groups (broad SMARTS) is 1. The zero-order valence-electron chi connectivity index (χ0n) is 11.7. The van der Waals surface area contributed by atoms with Gasteiger partial charge >= 0.3 is 12.0 Å². The predicted molar refractivity (Wildman–Crippen MR) is 81.6 cm³/mol. The monoisotopic (exact) mass is 317 g/mol. The van der Waals surface area contributed by atoms with Crippen LogP contribution in [0.4, 0.5) is 4.79 Å². The molecule has 0 bridgehead atoms. The highest BCUT2D eigenvalue weighted by Crippen LogP contribution is 2.17. The third kappa shape index (κ3) is 5.38. The van der Waals surface area contributed by atoms with Gasteiger partial charge in [-0.2, -0.15) is 11.8 Å². The first-order valence-corrected chi connectivity index (χ1v) is 8.31. The molecule has 0 saturated heterocycles. The Bertz CT molecular complexity index is 465. The van der Waals surface area contributed by atoms with Gasteiger partial charge in [0.15, 0.2) is 5.69 Å². The topological polar surface area (TPSA) is 91.3 Å². The van der Waals surface area contributed by atoms with Crippen LogP contribution in [0.1, 0.15) is 42.3 Å². The number of nitrogens with zero attached hydrogens (tertiary/aromatic N) is 1. The van der Waals surface area contributed by atoms with Crippen LogP contribution in [-0.2, 0) is 0 Å². The molecule has 112 valence electrons. The minimum atomic E-state index is -1.06. The molecule has 0 saturated carbocycles. The second-order valence-electron chi connectivity index (χ2n) is 4.28. The van der Waals surface area contributed by atoms with Crippen molar-refractivity contribution >= 4 is 35.1 Å². The van der Waals surface area contributed by atoms with E-state index in [4.69, 9.17) is 5.11 Å². The number of carbonyl (C=O) groups is 2. The zero-order valence-corrected chi connectivity index (χ0v) is 13.3. The van der Waals surface area contributed by atoms with Crippen molar-refractivity contribution in [2.45, 2.75) is 32.9 Å². The van der Waals surface area contributed by atoms with Gasteiger partial charge in [-0.3, -0.25) is 0 Å². The number of hydrogen-bond donors (Lipinski definition) is 3. The quantitative estimate of drug-likeness (QED) is 0.718. The molecule has 2 atom stereocenters. The van der Waals surface area contributed by atoms with Crippen LogP contribution in [0.25, 0.3) is 0 Å². The van der Waals surface area contributed by atoms with E-state index in [9.17, 15) is 9.59 Å². The van der Waals surface area contributed by atoms with Gasteiger partial charge in [0.2, 0.25) is 0 Å². The Morgan fingerprint density at radius 1 is 1.45 bits per heavy atom. The van der Waals surface area contributed by atoms with Gasteiger partial charge in [-0.05, 0) is 19.6 Å². The normalized spacial score (nSPS) is 13.6. The second kappa shape index (κ2) is 8.11. The summed E-state index contributed by atoms with van der Waals surface area (Å²) in [4.78, 5) is 26.5. The van der Waals surface area contributed by atoms with Crippen LogP contribution >= 0.6 is 23.1 Å². The Morgan fingerprint density at radius 2 is 2.15 bits per heavy atom. The molecule has 1 aromatic rings. The zero-order chi connectivity index (χ0) is 15.1. The molecular formula is C12H19N3O3S2. The molecule has 1 rings (SSSR count). The van der Waals surface area contributed by atoms with E-state index in [0.29, 0.717) is 5.01 Å². The summed E-state index contributed by atoms with van der Waals surface area (Å²) < 4.78 is 0. The minimum Gasteiger partial charge on any atom is -0.476 e. The number of aromatic carboxylic acids is 1. The molecule has 0 aliphatic carbocycles. The maximum Gasteiger partial charge on any atom is 0.355 e. The molecule has 8 heteroatoms. The molecular weight excluding hydrogens is 298 g/mol. The molecule has 0 aliphatic rings. The number of nitrogens with one attached hydrogen (secondary N) is 2. The molecule has 6 nitrogen and oxygen atoms in total. The maximum absolute atomic E-state index is 11.8. The van der Waals surface area contributed by atoms with E-state index in [1.807, 2.05) is 6.92 Å². The molecule has 2 unspecified atom stereocenters. The molecule has 0 aliphatic heterocycles. The highest BCUT2D eigenvalue weighted by Gasteiger charge is 2.16. The summed E-state index contributed by atoms with van der Waals surface area (Å²) in [5.41, 5.74) is 0.00627. The molecule has 0 aromatic carbocycles. The largest absolute Gasteiger partial charge is 0.476 e. The lowest BCUT2D eigenvalue weighted by atomic mass is 10.3. The number of aromatic nitrogens is 1. The first-order chi connectivity index (χ1) is 9.43. The van der Waals surface area contributed by atoms with Crippen molar-refractivity contribution in [3.05, 3.63) is 16.1 Å². The van der Waals surface area contributed by atoms with Crippen molar-refractivity contribution in [2.24, 2.45) is 0 Å². The number of carbonyl (C=O) groups excluding carboxylic acids is 1. The lowest BCUT2D eigenvalue weighted by Crippen LogP contribution is -2.42. The Kier molecular flexibility index (Phi) is 6.80. The van der Waals surface area contributed by atoms with Gasteiger partial charge in [-0.25, -0.2) is 14.6 Å². The Morgan fingerprint density at radius 3 is 2.70 bits per heavy atom. The Labute approximate surface area is 126 Å². The fourth-order valence-corrected chi connectivity index (χ4v) is 2.92. The van der Waals surface area contributed by atoms with E-state index in [1.54, 1.807) is 18.7 Å².